The number of thioether (sulfide) groups is 1. The van der Waals surface area contributed by atoms with Crippen molar-refractivity contribution in [1.82, 2.24) is 15.4 Å². The number of hydrazone groups is 1. The number of nitrogens with zero attached hydrogens (tertiary/aromatic N) is 3. The highest BCUT2D eigenvalue weighted by Crippen LogP contribution is 2.36. The van der Waals surface area contributed by atoms with Crippen LogP contribution in [0, 0.1) is 17.4 Å². The number of amides is 1. The molecule has 0 saturated carbocycles. The molecule has 10 heteroatoms. The third-order valence-corrected chi connectivity index (χ3v) is 6.09. The number of carbonyl (C=O) groups is 1. The average Bonchev–Trinajstić information content (AvgIpc) is 2.77. The molecule has 1 aromatic heterocycles. The Kier molecular flexibility index (Phi) is 9.33. The van der Waals surface area contributed by atoms with Gasteiger partial charge in [0.2, 0.25) is 0 Å². The van der Waals surface area contributed by atoms with Crippen molar-refractivity contribution in [2.24, 2.45) is 5.10 Å². The van der Waals surface area contributed by atoms with E-state index in [1.54, 1.807) is 19.2 Å². The lowest BCUT2D eigenvalue weighted by Crippen LogP contribution is -2.19. The van der Waals surface area contributed by atoms with Gasteiger partial charge in [-0.1, -0.05) is 35.5 Å². The van der Waals surface area contributed by atoms with E-state index in [4.69, 9.17) is 21.1 Å². The summed E-state index contributed by atoms with van der Waals surface area (Å²) in [4.78, 5) is 20.7. The van der Waals surface area contributed by atoms with Gasteiger partial charge in [0.1, 0.15) is 6.61 Å². The topological polar surface area (TPSA) is 85.7 Å². The maximum Gasteiger partial charge on any atom is 0.250 e. The quantitative estimate of drug-likeness (QED) is 0.120. The van der Waals surface area contributed by atoms with E-state index in [9.17, 15) is 4.79 Å². The summed E-state index contributed by atoms with van der Waals surface area (Å²) in [5.41, 5.74) is 5.89. The second kappa shape index (κ2) is 12.2. The first-order valence-electron chi connectivity index (χ1n) is 9.86. The molecule has 0 fully saturated rings. The molecule has 0 saturated heterocycles. The Labute approximate surface area is 215 Å². The number of aryl methyl sites for hydroxylation is 2. The molecular formula is C23H22ClIN4O3S. The zero-order valence-corrected chi connectivity index (χ0v) is 22.0. The minimum atomic E-state index is -0.269. The zero-order valence-electron chi connectivity index (χ0n) is 18.3. The standard InChI is InChI=1S/C23H22ClIN4O3S/c1-14-8-15(2)28-23(27-14)33-13-21(30)29-26-11-17-9-19(24)22(20(10-17)31-3)32-12-16-4-6-18(25)7-5-16/h4-11H,12-13H2,1-3H3,(H,29,30)/b26-11-. The Morgan fingerprint density at radius 2 is 1.88 bits per heavy atom. The Morgan fingerprint density at radius 3 is 2.55 bits per heavy atom. The van der Waals surface area contributed by atoms with Crippen molar-refractivity contribution in [2.45, 2.75) is 25.6 Å². The summed E-state index contributed by atoms with van der Waals surface area (Å²) in [5.74, 6) is 0.803. The van der Waals surface area contributed by atoms with Gasteiger partial charge < -0.3 is 9.47 Å². The Balaban J connectivity index is 1.58. The number of carbonyl (C=O) groups excluding carboxylic acids is 1. The molecule has 1 N–H and O–H groups in total. The fourth-order valence-corrected chi connectivity index (χ4v) is 4.16. The summed E-state index contributed by atoms with van der Waals surface area (Å²) in [6, 6.07) is 13.3. The second-order valence-electron chi connectivity index (χ2n) is 6.96. The first-order valence-corrected chi connectivity index (χ1v) is 12.3. The van der Waals surface area contributed by atoms with Crippen LogP contribution in [0.15, 0.2) is 52.7 Å². The number of rotatable bonds is 9. The number of ether oxygens (including phenoxy) is 2. The predicted octanol–water partition coefficient (Wildman–Crippen LogP) is 5.18. The minimum absolute atomic E-state index is 0.148. The molecule has 0 spiro atoms. The van der Waals surface area contributed by atoms with Crippen molar-refractivity contribution in [3.05, 3.63) is 73.6 Å². The highest BCUT2D eigenvalue weighted by atomic mass is 127. The van der Waals surface area contributed by atoms with Gasteiger partial charge >= 0.3 is 0 Å². The van der Waals surface area contributed by atoms with Crippen molar-refractivity contribution in [3.8, 4) is 11.5 Å². The van der Waals surface area contributed by atoms with Gasteiger partial charge in [0.25, 0.3) is 5.91 Å². The number of hydrogen-bond acceptors (Lipinski definition) is 7. The van der Waals surface area contributed by atoms with E-state index in [1.165, 1.54) is 18.0 Å². The highest BCUT2D eigenvalue weighted by Gasteiger charge is 2.12. The summed E-state index contributed by atoms with van der Waals surface area (Å²) in [6.45, 7) is 4.14. The number of aromatic nitrogens is 2. The lowest BCUT2D eigenvalue weighted by atomic mass is 10.2. The first kappa shape index (κ1) is 25.3. The minimum Gasteiger partial charge on any atom is -0.493 e. The number of hydrogen-bond donors (Lipinski definition) is 1. The smallest absolute Gasteiger partial charge is 0.250 e. The molecule has 7 nitrogen and oxygen atoms in total. The fraction of sp³-hybridized carbons (Fsp3) is 0.217. The van der Waals surface area contributed by atoms with E-state index in [-0.39, 0.29) is 11.7 Å². The van der Waals surface area contributed by atoms with Gasteiger partial charge in [0.15, 0.2) is 16.7 Å². The number of benzene rings is 2. The third-order valence-electron chi connectivity index (χ3n) is 4.25. The second-order valence-corrected chi connectivity index (χ2v) is 9.56. The van der Waals surface area contributed by atoms with Crippen LogP contribution >= 0.6 is 46.0 Å². The third kappa shape index (κ3) is 7.86. The molecule has 0 unspecified atom stereocenters. The summed E-state index contributed by atoms with van der Waals surface area (Å²) in [5, 5.41) is 4.95. The van der Waals surface area contributed by atoms with E-state index in [2.05, 4.69) is 43.1 Å². The van der Waals surface area contributed by atoms with Gasteiger partial charge in [0, 0.05) is 15.0 Å². The summed E-state index contributed by atoms with van der Waals surface area (Å²) < 4.78 is 12.5. The molecule has 3 rings (SSSR count). The largest absolute Gasteiger partial charge is 0.493 e. The summed E-state index contributed by atoms with van der Waals surface area (Å²) >= 11 is 9.92. The number of nitrogens with one attached hydrogen (secondary N) is 1. The molecule has 1 heterocycles. The zero-order chi connectivity index (χ0) is 23.8. The van der Waals surface area contributed by atoms with Gasteiger partial charge in [-0.05, 0) is 77.9 Å². The maximum absolute atomic E-state index is 12.1. The van der Waals surface area contributed by atoms with Crippen LogP contribution in [-0.4, -0.2) is 35.0 Å². The van der Waals surface area contributed by atoms with Crippen LogP contribution < -0.4 is 14.9 Å². The SMILES string of the molecule is COc1cc(/C=N\NC(=O)CSc2nc(C)cc(C)n2)cc(Cl)c1OCc1ccc(I)cc1. The summed E-state index contributed by atoms with van der Waals surface area (Å²) in [6.07, 6.45) is 1.49. The van der Waals surface area contributed by atoms with E-state index < -0.39 is 0 Å². The fourth-order valence-electron chi connectivity index (χ4n) is 2.79. The van der Waals surface area contributed by atoms with Crippen LogP contribution in [0.3, 0.4) is 0 Å². The van der Waals surface area contributed by atoms with Crippen LogP contribution in [0.1, 0.15) is 22.5 Å². The molecule has 0 aliphatic rings. The van der Waals surface area contributed by atoms with Crippen molar-refractivity contribution in [3.63, 3.8) is 0 Å². The molecule has 172 valence electrons. The van der Waals surface area contributed by atoms with Crippen LogP contribution in [0.4, 0.5) is 0 Å². The maximum atomic E-state index is 12.1. The van der Waals surface area contributed by atoms with E-state index in [1.807, 2.05) is 44.2 Å². The molecule has 1 amide bonds. The van der Waals surface area contributed by atoms with Gasteiger partial charge in [0.05, 0.1) is 24.1 Å². The van der Waals surface area contributed by atoms with E-state index in [0.29, 0.717) is 33.8 Å². The Hall–Kier alpha value is -2.37. The molecule has 0 radical (unpaired) electrons. The predicted molar refractivity (Wildman–Crippen MR) is 139 cm³/mol. The Bertz CT molecular complexity index is 1140. The van der Waals surface area contributed by atoms with Crippen LogP contribution in [-0.2, 0) is 11.4 Å². The van der Waals surface area contributed by atoms with Gasteiger partial charge in [-0.3, -0.25) is 4.79 Å². The molecule has 0 bridgehead atoms. The van der Waals surface area contributed by atoms with Crippen LogP contribution in [0.5, 0.6) is 11.5 Å². The van der Waals surface area contributed by atoms with Gasteiger partial charge in [-0.2, -0.15) is 5.10 Å². The molecule has 0 aliphatic heterocycles. The monoisotopic (exact) mass is 596 g/mol. The lowest BCUT2D eigenvalue weighted by molar-refractivity contribution is -0.118. The molecule has 3 aromatic rings. The van der Waals surface area contributed by atoms with E-state index >= 15 is 0 Å². The van der Waals surface area contributed by atoms with Crippen molar-refractivity contribution >= 4 is 58.1 Å². The van der Waals surface area contributed by atoms with Crippen molar-refractivity contribution in [2.75, 3.05) is 12.9 Å². The van der Waals surface area contributed by atoms with Crippen molar-refractivity contribution in [1.29, 1.82) is 0 Å². The molecular weight excluding hydrogens is 575 g/mol. The number of halogens is 2. The number of methoxy groups -OCH3 is 1. The van der Waals surface area contributed by atoms with Gasteiger partial charge in [-0.15, -0.1) is 0 Å². The first-order chi connectivity index (χ1) is 15.8. The van der Waals surface area contributed by atoms with E-state index in [0.717, 1.165) is 20.5 Å². The normalized spacial score (nSPS) is 10.9. The highest BCUT2D eigenvalue weighted by molar-refractivity contribution is 14.1. The summed E-state index contributed by atoms with van der Waals surface area (Å²) in [7, 11) is 1.54. The Morgan fingerprint density at radius 1 is 1.18 bits per heavy atom. The van der Waals surface area contributed by atoms with Crippen LogP contribution in [0.25, 0.3) is 0 Å². The molecule has 0 aliphatic carbocycles. The van der Waals surface area contributed by atoms with Crippen molar-refractivity contribution < 1.29 is 14.3 Å². The molecule has 0 atom stereocenters. The van der Waals surface area contributed by atoms with Gasteiger partial charge in [-0.25, -0.2) is 15.4 Å². The average molecular weight is 597 g/mol. The van der Waals surface area contributed by atoms with Crippen LogP contribution in [0.2, 0.25) is 5.02 Å². The molecule has 33 heavy (non-hydrogen) atoms. The molecule has 2 aromatic carbocycles. The lowest BCUT2D eigenvalue weighted by Gasteiger charge is -2.13.